The molecule has 1 aromatic carbocycles. The first-order chi connectivity index (χ1) is 11.1. The molecular weight excluding hydrogens is 288 g/mol. The number of rotatable bonds is 6. The van der Waals surface area contributed by atoms with Gasteiger partial charge in [0.1, 0.15) is 0 Å². The zero-order valence-electron chi connectivity index (χ0n) is 13.6. The van der Waals surface area contributed by atoms with Crippen molar-refractivity contribution < 1.29 is 9.59 Å². The van der Waals surface area contributed by atoms with E-state index in [1.165, 1.54) is 6.92 Å². The van der Waals surface area contributed by atoms with Crippen molar-refractivity contribution in [3.05, 3.63) is 60.7 Å². The van der Waals surface area contributed by atoms with Gasteiger partial charge in [-0.1, -0.05) is 48.6 Å². The van der Waals surface area contributed by atoms with E-state index in [9.17, 15) is 9.59 Å². The number of hydrogen-bond donors (Lipinski definition) is 1. The van der Waals surface area contributed by atoms with E-state index in [-0.39, 0.29) is 23.9 Å². The smallest absolute Gasteiger partial charge is 0.225 e. The zero-order valence-corrected chi connectivity index (χ0v) is 13.6. The van der Waals surface area contributed by atoms with Crippen molar-refractivity contribution >= 4 is 11.8 Å². The molecule has 1 heterocycles. The van der Waals surface area contributed by atoms with Crippen LogP contribution in [0, 0.1) is 0 Å². The molecule has 0 saturated carbocycles. The minimum atomic E-state index is -0.112. The van der Waals surface area contributed by atoms with Crippen molar-refractivity contribution in [1.82, 2.24) is 10.2 Å². The summed E-state index contributed by atoms with van der Waals surface area (Å²) >= 11 is 0. The predicted octanol–water partition coefficient (Wildman–Crippen LogP) is 2.99. The average molecular weight is 312 g/mol. The highest BCUT2D eigenvalue weighted by Crippen LogP contribution is 2.31. The molecule has 2 rings (SSSR count). The van der Waals surface area contributed by atoms with Crippen molar-refractivity contribution in [3.63, 3.8) is 0 Å². The van der Waals surface area contributed by atoms with Crippen LogP contribution in [0.15, 0.2) is 55.1 Å². The minimum Gasteiger partial charge on any atom is -0.356 e. The molecule has 122 valence electrons. The van der Waals surface area contributed by atoms with Gasteiger partial charge in [0.15, 0.2) is 0 Å². The number of carbonyl (C=O) groups excluding carboxylic acids is 2. The van der Waals surface area contributed by atoms with E-state index in [0.717, 1.165) is 18.4 Å². The monoisotopic (exact) mass is 312 g/mol. The van der Waals surface area contributed by atoms with Gasteiger partial charge in [0.2, 0.25) is 11.8 Å². The lowest BCUT2D eigenvalue weighted by Gasteiger charge is -2.39. The van der Waals surface area contributed by atoms with Gasteiger partial charge in [0.05, 0.1) is 6.04 Å². The second-order valence-electron chi connectivity index (χ2n) is 5.73. The van der Waals surface area contributed by atoms with Crippen LogP contribution in [-0.2, 0) is 9.59 Å². The van der Waals surface area contributed by atoms with Gasteiger partial charge in [-0.15, -0.1) is 6.58 Å². The van der Waals surface area contributed by atoms with Crippen molar-refractivity contribution in [2.75, 3.05) is 6.54 Å². The Morgan fingerprint density at radius 3 is 2.74 bits per heavy atom. The van der Waals surface area contributed by atoms with Crippen LogP contribution in [0.2, 0.25) is 0 Å². The Balaban J connectivity index is 2.19. The Hall–Kier alpha value is -2.36. The van der Waals surface area contributed by atoms with Crippen molar-refractivity contribution in [2.45, 2.75) is 38.3 Å². The van der Waals surface area contributed by atoms with Gasteiger partial charge in [-0.2, -0.15) is 0 Å². The number of carbonyl (C=O) groups is 2. The summed E-state index contributed by atoms with van der Waals surface area (Å²) in [4.78, 5) is 25.7. The average Bonchev–Trinajstić information content (AvgIpc) is 2.55. The third kappa shape index (κ3) is 4.55. The third-order valence-electron chi connectivity index (χ3n) is 4.00. The number of benzene rings is 1. The summed E-state index contributed by atoms with van der Waals surface area (Å²) < 4.78 is 0. The molecule has 0 unspecified atom stereocenters. The molecule has 0 radical (unpaired) electrons. The molecule has 1 aromatic rings. The van der Waals surface area contributed by atoms with Crippen LogP contribution in [0.5, 0.6) is 0 Å². The van der Waals surface area contributed by atoms with E-state index in [1.807, 2.05) is 41.3 Å². The Bertz CT molecular complexity index is 580. The first kappa shape index (κ1) is 17.0. The molecule has 1 N–H and O–H groups in total. The van der Waals surface area contributed by atoms with Crippen LogP contribution >= 0.6 is 0 Å². The van der Waals surface area contributed by atoms with E-state index in [1.54, 1.807) is 0 Å². The van der Waals surface area contributed by atoms with E-state index < -0.39 is 0 Å². The van der Waals surface area contributed by atoms with Gasteiger partial charge >= 0.3 is 0 Å². The largest absolute Gasteiger partial charge is 0.356 e. The highest BCUT2D eigenvalue weighted by molar-refractivity contribution is 5.79. The highest BCUT2D eigenvalue weighted by Gasteiger charge is 2.31. The Morgan fingerprint density at radius 2 is 2.09 bits per heavy atom. The minimum absolute atomic E-state index is 0.0558. The third-order valence-corrected chi connectivity index (χ3v) is 4.00. The topological polar surface area (TPSA) is 49.4 Å². The fourth-order valence-electron chi connectivity index (χ4n) is 2.96. The molecule has 0 aliphatic carbocycles. The van der Waals surface area contributed by atoms with Crippen molar-refractivity contribution in [1.29, 1.82) is 0 Å². The second kappa shape index (κ2) is 8.32. The Labute approximate surface area is 137 Å². The fourth-order valence-corrected chi connectivity index (χ4v) is 2.96. The summed E-state index contributed by atoms with van der Waals surface area (Å²) in [5.74, 6) is -0.0533. The molecular formula is C19H24N2O2. The SMILES string of the molecule is C=CC[C@@H]1CC=C[C@@H](c2ccccc2)N1C(=O)CCNC(C)=O. The molecule has 1 aliphatic rings. The molecule has 0 bridgehead atoms. The van der Waals surface area contributed by atoms with Gasteiger partial charge in [0, 0.05) is 25.9 Å². The maximum Gasteiger partial charge on any atom is 0.225 e. The fraction of sp³-hybridized carbons (Fsp3) is 0.368. The van der Waals surface area contributed by atoms with E-state index in [4.69, 9.17) is 0 Å². The van der Waals surface area contributed by atoms with Crippen LogP contribution in [0.4, 0.5) is 0 Å². The molecule has 1 aliphatic heterocycles. The first-order valence-electron chi connectivity index (χ1n) is 8.01. The zero-order chi connectivity index (χ0) is 16.7. The maximum absolute atomic E-state index is 12.8. The molecule has 0 aromatic heterocycles. The van der Waals surface area contributed by atoms with Crippen LogP contribution < -0.4 is 5.32 Å². The van der Waals surface area contributed by atoms with Gasteiger partial charge in [-0.05, 0) is 18.4 Å². The van der Waals surface area contributed by atoms with Crippen LogP contribution in [0.1, 0.15) is 37.8 Å². The van der Waals surface area contributed by atoms with Gasteiger partial charge in [-0.3, -0.25) is 9.59 Å². The first-order valence-corrected chi connectivity index (χ1v) is 8.01. The molecule has 23 heavy (non-hydrogen) atoms. The molecule has 2 atom stereocenters. The summed E-state index contributed by atoms with van der Waals surface area (Å²) in [6.07, 6.45) is 8.00. The van der Waals surface area contributed by atoms with Crippen LogP contribution in [-0.4, -0.2) is 29.3 Å². The van der Waals surface area contributed by atoms with Gasteiger partial charge in [-0.25, -0.2) is 0 Å². The van der Waals surface area contributed by atoms with Crippen molar-refractivity contribution in [3.8, 4) is 0 Å². The van der Waals surface area contributed by atoms with E-state index >= 15 is 0 Å². The predicted molar refractivity (Wildman–Crippen MR) is 91.7 cm³/mol. The standard InChI is InChI=1S/C19H24N2O2/c1-3-8-17-11-7-12-18(16-9-5-4-6-10-16)21(17)19(23)13-14-20-15(2)22/h3-7,9-10,12,17-18H,1,8,11,13-14H2,2H3,(H,20,22)/t17-,18+/m1/s1. The number of hydrogen-bond acceptors (Lipinski definition) is 2. The normalized spacial score (nSPS) is 20.1. The van der Waals surface area contributed by atoms with Gasteiger partial charge in [0.25, 0.3) is 0 Å². The summed E-state index contributed by atoms with van der Waals surface area (Å²) in [5.41, 5.74) is 1.10. The molecule has 0 saturated heterocycles. The molecule has 2 amide bonds. The number of nitrogens with zero attached hydrogens (tertiary/aromatic N) is 1. The summed E-state index contributed by atoms with van der Waals surface area (Å²) in [6, 6.07) is 10.1. The van der Waals surface area contributed by atoms with Crippen LogP contribution in [0.3, 0.4) is 0 Å². The quantitative estimate of drug-likeness (QED) is 0.821. The highest BCUT2D eigenvalue weighted by atomic mass is 16.2. The Morgan fingerprint density at radius 1 is 1.35 bits per heavy atom. The molecule has 4 heteroatoms. The van der Waals surface area contributed by atoms with E-state index in [0.29, 0.717) is 13.0 Å². The summed E-state index contributed by atoms with van der Waals surface area (Å²) in [6.45, 7) is 5.64. The lowest BCUT2D eigenvalue weighted by atomic mass is 9.94. The molecule has 4 nitrogen and oxygen atoms in total. The lowest BCUT2D eigenvalue weighted by molar-refractivity contribution is -0.135. The Kier molecular flexibility index (Phi) is 6.15. The lowest BCUT2D eigenvalue weighted by Crippen LogP contribution is -2.44. The van der Waals surface area contributed by atoms with Crippen LogP contribution in [0.25, 0.3) is 0 Å². The van der Waals surface area contributed by atoms with Crippen molar-refractivity contribution in [2.24, 2.45) is 0 Å². The number of nitrogens with one attached hydrogen (secondary N) is 1. The van der Waals surface area contributed by atoms with E-state index in [2.05, 4.69) is 24.0 Å². The number of amides is 2. The molecule has 0 fully saturated rings. The second-order valence-corrected chi connectivity index (χ2v) is 5.73. The van der Waals surface area contributed by atoms with Gasteiger partial charge < -0.3 is 10.2 Å². The summed E-state index contributed by atoms with van der Waals surface area (Å²) in [5, 5.41) is 2.69. The molecule has 0 spiro atoms. The maximum atomic E-state index is 12.8. The summed E-state index contributed by atoms with van der Waals surface area (Å²) in [7, 11) is 0.